The smallest absolute Gasteiger partial charge is 0.307 e. The number of amides is 1. The fraction of sp³-hybridized carbons (Fsp3) is 0.217. The zero-order chi connectivity index (χ0) is 22.2. The van der Waals surface area contributed by atoms with Crippen molar-refractivity contribution in [2.75, 3.05) is 6.61 Å². The number of nitrogens with one attached hydrogen (secondary N) is 2. The van der Waals surface area contributed by atoms with Crippen LogP contribution in [0.25, 0.3) is 11.1 Å². The van der Waals surface area contributed by atoms with Gasteiger partial charge in [0.05, 0.1) is 13.0 Å². The summed E-state index contributed by atoms with van der Waals surface area (Å²) in [6.45, 7) is 1.99. The minimum Gasteiger partial charge on any atom is -0.466 e. The standard InChI is InChI=1S/C23H22ClN3O4/c1-2-31-22(29)14-19(25-23(30)20-10-11-21(28)27-26-20)12-15-6-8-16(9-7-15)17-4-3-5-18(24)13-17/h3-11,13,19H,2,12,14H2,1H3,(H,25,30)(H,27,28). The molecule has 1 aromatic heterocycles. The number of aromatic amines is 1. The van der Waals surface area contributed by atoms with E-state index in [0.717, 1.165) is 16.7 Å². The minimum absolute atomic E-state index is 0.0129. The second-order valence-corrected chi connectivity index (χ2v) is 7.33. The lowest BCUT2D eigenvalue weighted by atomic mass is 9.99. The predicted octanol–water partition coefficient (Wildman–Crippen LogP) is 3.38. The summed E-state index contributed by atoms with van der Waals surface area (Å²) in [5, 5.41) is 9.42. The largest absolute Gasteiger partial charge is 0.466 e. The number of ether oxygens (including phenoxy) is 1. The Morgan fingerprint density at radius 1 is 1.10 bits per heavy atom. The van der Waals surface area contributed by atoms with Crippen LogP contribution >= 0.6 is 11.6 Å². The molecular weight excluding hydrogens is 418 g/mol. The molecule has 1 amide bonds. The van der Waals surface area contributed by atoms with Gasteiger partial charge in [-0.05, 0) is 48.2 Å². The molecule has 0 aliphatic carbocycles. The zero-order valence-electron chi connectivity index (χ0n) is 16.9. The maximum absolute atomic E-state index is 12.5. The molecule has 1 atom stereocenters. The molecule has 0 fully saturated rings. The molecule has 3 rings (SSSR count). The summed E-state index contributed by atoms with van der Waals surface area (Å²) in [7, 11) is 0. The van der Waals surface area contributed by atoms with E-state index in [1.165, 1.54) is 12.1 Å². The molecule has 0 saturated carbocycles. The van der Waals surface area contributed by atoms with Gasteiger partial charge >= 0.3 is 5.97 Å². The molecule has 0 saturated heterocycles. The normalized spacial score (nSPS) is 11.5. The summed E-state index contributed by atoms with van der Waals surface area (Å²) in [6, 6.07) is 17.4. The Hall–Kier alpha value is -3.45. The molecular formula is C23H22ClN3O4. The Labute approximate surface area is 184 Å². The van der Waals surface area contributed by atoms with Crippen molar-refractivity contribution < 1.29 is 14.3 Å². The second kappa shape index (κ2) is 10.5. The van der Waals surface area contributed by atoms with Gasteiger partial charge in [0.1, 0.15) is 5.69 Å². The van der Waals surface area contributed by atoms with E-state index < -0.39 is 23.5 Å². The number of hydrogen-bond donors (Lipinski definition) is 2. The molecule has 0 aliphatic rings. The van der Waals surface area contributed by atoms with Gasteiger partial charge in [0, 0.05) is 17.1 Å². The van der Waals surface area contributed by atoms with Crippen molar-refractivity contribution in [2.24, 2.45) is 0 Å². The SMILES string of the molecule is CCOC(=O)CC(Cc1ccc(-c2cccc(Cl)c2)cc1)NC(=O)c1ccc(=O)[nH]n1. The number of benzene rings is 2. The number of carbonyl (C=O) groups is 2. The van der Waals surface area contributed by atoms with Crippen molar-refractivity contribution in [1.29, 1.82) is 0 Å². The van der Waals surface area contributed by atoms with Crippen molar-refractivity contribution in [2.45, 2.75) is 25.8 Å². The molecule has 0 radical (unpaired) electrons. The van der Waals surface area contributed by atoms with Crippen molar-refractivity contribution in [1.82, 2.24) is 15.5 Å². The fourth-order valence-corrected chi connectivity index (χ4v) is 3.30. The molecule has 160 valence electrons. The van der Waals surface area contributed by atoms with Crippen LogP contribution in [0.1, 0.15) is 29.4 Å². The Morgan fingerprint density at radius 2 is 1.87 bits per heavy atom. The predicted molar refractivity (Wildman–Crippen MR) is 118 cm³/mol. The van der Waals surface area contributed by atoms with Gasteiger partial charge in [-0.25, -0.2) is 5.10 Å². The zero-order valence-corrected chi connectivity index (χ0v) is 17.7. The number of esters is 1. The minimum atomic E-state index is -0.503. The van der Waals surface area contributed by atoms with E-state index in [9.17, 15) is 14.4 Å². The summed E-state index contributed by atoms with van der Waals surface area (Å²) >= 11 is 6.07. The van der Waals surface area contributed by atoms with E-state index in [1.807, 2.05) is 48.5 Å². The highest BCUT2D eigenvalue weighted by atomic mass is 35.5. The molecule has 8 heteroatoms. The molecule has 0 spiro atoms. The summed E-state index contributed by atoms with van der Waals surface area (Å²) in [5.74, 6) is -0.890. The average molecular weight is 440 g/mol. The molecule has 1 unspecified atom stereocenters. The van der Waals surface area contributed by atoms with E-state index in [0.29, 0.717) is 11.4 Å². The van der Waals surface area contributed by atoms with Crippen molar-refractivity contribution in [3.05, 3.63) is 87.3 Å². The van der Waals surface area contributed by atoms with Gasteiger partial charge in [-0.2, -0.15) is 5.10 Å². The number of aromatic nitrogens is 2. The lowest BCUT2D eigenvalue weighted by Gasteiger charge is -2.18. The Bertz CT molecular complexity index is 1090. The second-order valence-electron chi connectivity index (χ2n) is 6.90. The van der Waals surface area contributed by atoms with Gasteiger partial charge < -0.3 is 10.1 Å². The van der Waals surface area contributed by atoms with E-state index >= 15 is 0 Å². The summed E-state index contributed by atoms with van der Waals surface area (Å²) in [4.78, 5) is 35.7. The number of H-pyrrole nitrogens is 1. The summed E-state index contributed by atoms with van der Waals surface area (Å²) in [6.07, 6.45) is 0.433. The van der Waals surface area contributed by atoms with Crippen LogP contribution in [0.5, 0.6) is 0 Å². The number of hydrogen-bond acceptors (Lipinski definition) is 5. The Morgan fingerprint density at radius 3 is 2.52 bits per heavy atom. The van der Waals surface area contributed by atoms with Gasteiger partial charge in [0.2, 0.25) is 0 Å². The van der Waals surface area contributed by atoms with Gasteiger partial charge in [-0.1, -0.05) is 48.0 Å². The molecule has 31 heavy (non-hydrogen) atoms. The third-order valence-corrected chi connectivity index (χ3v) is 4.79. The van der Waals surface area contributed by atoms with E-state index in [2.05, 4.69) is 15.5 Å². The molecule has 1 heterocycles. The first-order valence-corrected chi connectivity index (χ1v) is 10.2. The number of nitrogens with zero attached hydrogens (tertiary/aromatic N) is 1. The van der Waals surface area contributed by atoms with Crippen LogP contribution in [0.4, 0.5) is 0 Å². The van der Waals surface area contributed by atoms with Gasteiger partial charge in [0.25, 0.3) is 11.5 Å². The first-order chi connectivity index (χ1) is 14.9. The summed E-state index contributed by atoms with van der Waals surface area (Å²) in [5.41, 5.74) is 2.60. The monoisotopic (exact) mass is 439 g/mol. The van der Waals surface area contributed by atoms with Crippen LogP contribution in [0.2, 0.25) is 5.02 Å². The number of halogens is 1. The molecule has 7 nitrogen and oxygen atoms in total. The van der Waals surface area contributed by atoms with Crippen molar-refractivity contribution in [3.63, 3.8) is 0 Å². The van der Waals surface area contributed by atoms with Gasteiger partial charge in [0.15, 0.2) is 0 Å². The number of carbonyl (C=O) groups excluding carboxylic acids is 2. The average Bonchev–Trinajstić information content (AvgIpc) is 2.75. The first kappa shape index (κ1) is 22.2. The van der Waals surface area contributed by atoms with Crippen LogP contribution in [0.3, 0.4) is 0 Å². The Balaban J connectivity index is 1.74. The van der Waals surface area contributed by atoms with Crippen LogP contribution in [-0.2, 0) is 16.0 Å². The topological polar surface area (TPSA) is 101 Å². The van der Waals surface area contributed by atoms with Gasteiger partial charge in [-0.15, -0.1) is 0 Å². The molecule has 2 N–H and O–H groups in total. The highest BCUT2D eigenvalue weighted by molar-refractivity contribution is 6.30. The maximum Gasteiger partial charge on any atom is 0.307 e. The molecule has 3 aromatic rings. The van der Waals surface area contributed by atoms with E-state index in [4.69, 9.17) is 16.3 Å². The van der Waals surface area contributed by atoms with Crippen LogP contribution in [-0.4, -0.2) is 34.7 Å². The maximum atomic E-state index is 12.5. The fourth-order valence-electron chi connectivity index (χ4n) is 3.11. The van der Waals surface area contributed by atoms with Crippen LogP contribution in [0.15, 0.2) is 65.5 Å². The van der Waals surface area contributed by atoms with Crippen LogP contribution in [0, 0.1) is 0 Å². The van der Waals surface area contributed by atoms with Crippen molar-refractivity contribution in [3.8, 4) is 11.1 Å². The molecule has 2 aromatic carbocycles. The first-order valence-electron chi connectivity index (χ1n) is 9.81. The third-order valence-electron chi connectivity index (χ3n) is 4.56. The van der Waals surface area contributed by atoms with Gasteiger partial charge in [-0.3, -0.25) is 14.4 Å². The Kier molecular flexibility index (Phi) is 7.56. The highest BCUT2D eigenvalue weighted by Gasteiger charge is 2.19. The lowest BCUT2D eigenvalue weighted by Crippen LogP contribution is -2.39. The quantitative estimate of drug-likeness (QED) is 0.524. The molecule has 0 aliphatic heterocycles. The lowest BCUT2D eigenvalue weighted by molar-refractivity contribution is -0.143. The van der Waals surface area contributed by atoms with Crippen LogP contribution < -0.4 is 10.9 Å². The third kappa shape index (κ3) is 6.52. The molecule has 0 bridgehead atoms. The van der Waals surface area contributed by atoms with E-state index in [-0.39, 0.29) is 18.7 Å². The summed E-state index contributed by atoms with van der Waals surface area (Å²) < 4.78 is 5.04. The number of rotatable bonds is 8. The van der Waals surface area contributed by atoms with Crippen molar-refractivity contribution >= 4 is 23.5 Å². The van der Waals surface area contributed by atoms with E-state index in [1.54, 1.807) is 6.92 Å². The highest BCUT2D eigenvalue weighted by Crippen LogP contribution is 2.23.